The van der Waals surface area contributed by atoms with Gasteiger partial charge < -0.3 is 4.90 Å². The number of aromatic nitrogens is 3. The Bertz CT molecular complexity index is 840. The van der Waals surface area contributed by atoms with Crippen molar-refractivity contribution in [2.45, 2.75) is 6.54 Å². The van der Waals surface area contributed by atoms with Gasteiger partial charge in [-0.05, 0) is 12.1 Å². The quantitative estimate of drug-likeness (QED) is 0.708. The van der Waals surface area contributed by atoms with Crippen LogP contribution in [0, 0.1) is 5.82 Å². The van der Waals surface area contributed by atoms with Gasteiger partial charge in [-0.1, -0.05) is 47.7 Å². The van der Waals surface area contributed by atoms with Gasteiger partial charge in [0.2, 0.25) is 0 Å². The molecule has 4 rings (SSSR count). The van der Waals surface area contributed by atoms with Crippen LogP contribution in [0.15, 0.2) is 60.8 Å². The first-order chi connectivity index (χ1) is 12.8. The smallest absolute Gasteiger partial charge is 0.146 e. The number of anilines is 1. The van der Waals surface area contributed by atoms with Crippen molar-refractivity contribution >= 4 is 5.69 Å². The SMILES string of the molecule is Fc1ccccc1N1CCN(CCn2nncc2-c2ccccc2)CC1. The molecule has 0 bridgehead atoms. The predicted molar refractivity (Wildman–Crippen MR) is 101 cm³/mol. The highest BCUT2D eigenvalue weighted by atomic mass is 19.1. The van der Waals surface area contributed by atoms with E-state index < -0.39 is 0 Å². The Morgan fingerprint density at radius 1 is 0.846 bits per heavy atom. The number of nitrogens with zero attached hydrogens (tertiary/aromatic N) is 5. The Morgan fingerprint density at radius 3 is 2.35 bits per heavy atom. The molecule has 0 amide bonds. The zero-order valence-electron chi connectivity index (χ0n) is 14.6. The largest absolute Gasteiger partial charge is 0.367 e. The van der Waals surface area contributed by atoms with Crippen LogP contribution < -0.4 is 4.90 Å². The van der Waals surface area contributed by atoms with Crippen molar-refractivity contribution in [3.8, 4) is 11.3 Å². The van der Waals surface area contributed by atoms with Crippen molar-refractivity contribution in [3.05, 3.63) is 66.6 Å². The van der Waals surface area contributed by atoms with Crippen LogP contribution in [0.1, 0.15) is 0 Å². The van der Waals surface area contributed by atoms with Crippen molar-refractivity contribution in [1.29, 1.82) is 0 Å². The number of halogens is 1. The first-order valence-corrected chi connectivity index (χ1v) is 8.97. The Morgan fingerprint density at radius 2 is 1.58 bits per heavy atom. The van der Waals surface area contributed by atoms with Crippen LogP contribution in [0.5, 0.6) is 0 Å². The van der Waals surface area contributed by atoms with Gasteiger partial charge in [0.05, 0.1) is 24.1 Å². The van der Waals surface area contributed by atoms with Crippen LogP contribution in [0.4, 0.5) is 10.1 Å². The predicted octanol–water partition coefficient (Wildman–Crippen LogP) is 2.91. The van der Waals surface area contributed by atoms with Gasteiger partial charge in [0, 0.05) is 38.3 Å². The standard InChI is InChI=1S/C20H22FN5/c21-18-8-4-5-9-19(18)25-13-10-24(11-14-25)12-15-26-20(16-22-23-26)17-6-2-1-3-7-17/h1-9,16H,10-15H2. The van der Waals surface area contributed by atoms with Gasteiger partial charge in [0.15, 0.2) is 0 Å². The Hall–Kier alpha value is -2.73. The van der Waals surface area contributed by atoms with Gasteiger partial charge in [-0.3, -0.25) is 4.90 Å². The highest BCUT2D eigenvalue weighted by Crippen LogP contribution is 2.20. The molecule has 0 spiro atoms. The van der Waals surface area contributed by atoms with Gasteiger partial charge in [0.25, 0.3) is 0 Å². The second-order valence-corrected chi connectivity index (χ2v) is 6.49. The summed E-state index contributed by atoms with van der Waals surface area (Å²) in [7, 11) is 0. The van der Waals surface area contributed by atoms with Crippen molar-refractivity contribution < 1.29 is 4.39 Å². The molecule has 0 saturated carbocycles. The molecule has 0 radical (unpaired) electrons. The van der Waals surface area contributed by atoms with E-state index in [4.69, 9.17) is 0 Å². The number of hydrogen-bond acceptors (Lipinski definition) is 4. The van der Waals surface area contributed by atoms with Crippen molar-refractivity contribution in [1.82, 2.24) is 19.9 Å². The van der Waals surface area contributed by atoms with Gasteiger partial charge >= 0.3 is 0 Å². The summed E-state index contributed by atoms with van der Waals surface area (Å²) in [5, 5.41) is 8.30. The summed E-state index contributed by atoms with van der Waals surface area (Å²) in [5.74, 6) is -0.143. The van der Waals surface area contributed by atoms with E-state index in [1.54, 1.807) is 6.07 Å². The van der Waals surface area contributed by atoms with Crippen molar-refractivity contribution in [3.63, 3.8) is 0 Å². The molecule has 1 fully saturated rings. The van der Waals surface area contributed by atoms with Gasteiger partial charge in [0.1, 0.15) is 5.82 Å². The first kappa shape index (κ1) is 16.7. The minimum atomic E-state index is -0.143. The number of rotatable bonds is 5. The lowest BCUT2D eigenvalue weighted by atomic mass is 10.2. The summed E-state index contributed by atoms with van der Waals surface area (Å²) in [6.07, 6.45) is 1.81. The molecule has 0 unspecified atom stereocenters. The van der Waals surface area contributed by atoms with E-state index in [0.717, 1.165) is 50.5 Å². The molecular weight excluding hydrogens is 329 g/mol. The number of para-hydroxylation sites is 1. The normalized spacial score (nSPS) is 15.3. The van der Waals surface area contributed by atoms with Crippen LogP contribution >= 0.6 is 0 Å². The number of piperazine rings is 1. The average Bonchev–Trinajstić information content (AvgIpc) is 3.17. The Kier molecular flexibility index (Phi) is 4.93. The molecule has 2 heterocycles. The molecule has 1 aliphatic heterocycles. The lowest BCUT2D eigenvalue weighted by Crippen LogP contribution is -2.47. The van der Waals surface area contributed by atoms with E-state index in [-0.39, 0.29) is 5.82 Å². The molecular formula is C20H22FN5. The van der Waals surface area contributed by atoms with Gasteiger partial charge in [-0.2, -0.15) is 0 Å². The number of benzene rings is 2. The lowest BCUT2D eigenvalue weighted by molar-refractivity contribution is 0.243. The topological polar surface area (TPSA) is 37.2 Å². The van der Waals surface area contributed by atoms with E-state index in [1.165, 1.54) is 6.07 Å². The molecule has 26 heavy (non-hydrogen) atoms. The van der Waals surface area contributed by atoms with Gasteiger partial charge in [-0.15, -0.1) is 5.10 Å². The fourth-order valence-corrected chi connectivity index (χ4v) is 3.41. The molecule has 0 N–H and O–H groups in total. The van der Waals surface area contributed by atoms with Crippen LogP contribution in [0.2, 0.25) is 0 Å². The summed E-state index contributed by atoms with van der Waals surface area (Å²) < 4.78 is 15.9. The van der Waals surface area contributed by atoms with Crippen LogP contribution in [0.3, 0.4) is 0 Å². The van der Waals surface area contributed by atoms with Crippen molar-refractivity contribution in [2.75, 3.05) is 37.6 Å². The lowest BCUT2D eigenvalue weighted by Gasteiger charge is -2.36. The summed E-state index contributed by atoms with van der Waals surface area (Å²) in [4.78, 5) is 4.52. The zero-order chi connectivity index (χ0) is 17.8. The molecule has 6 heteroatoms. The molecule has 5 nitrogen and oxygen atoms in total. The third kappa shape index (κ3) is 3.60. The molecule has 3 aromatic rings. The third-order valence-corrected chi connectivity index (χ3v) is 4.88. The highest BCUT2D eigenvalue weighted by Gasteiger charge is 2.19. The fourth-order valence-electron chi connectivity index (χ4n) is 3.41. The first-order valence-electron chi connectivity index (χ1n) is 8.97. The molecule has 1 aliphatic rings. The number of hydrogen-bond donors (Lipinski definition) is 0. The fraction of sp³-hybridized carbons (Fsp3) is 0.300. The maximum Gasteiger partial charge on any atom is 0.146 e. The summed E-state index contributed by atoms with van der Waals surface area (Å²) in [5.41, 5.74) is 2.87. The van der Waals surface area contributed by atoms with Gasteiger partial charge in [-0.25, -0.2) is 9.07 Å². The van der Waals surface area contributed by atoms with E-state index in [0.29, 0.717) is 5.69 Å². The van der Waals surface area contributed by atoms with Crippen molar-refractivity contribution in [2.24, 2.45) is 0 Å². The molecule has 1 saturated heterocycles. The second-order valence-electron chi connectivity index (χ2n) is 6.49. The average molecular weight is 351 g/mol. The van der Waals surface area contributed by atoms with E-state index in [9.17, 15) is 4.39 Å². The minimum absolute atomic E-state index is 0.143. The molecule has 2 aromatic carbocycles. The molecule has 134 valence electrons. The Labute approximate surface area is 152 Å². The van der Waals surface area contributed by atoms with Crippen LogP contribution in [-0.2, 0) is 6.54 Å². The third-order valence-electron chi connectivity index (χ3n) is 4.88. The molecule has 0 atom stereocenters. The maximum atomic E-state index is 13.9. The van der Waals surface area contributed by atoms with E-state index in [1.807, 2.05) is 41.2 Å². The second kappa shape index (κ2) is 7.66. The highest BCUT2D eigenvalue weighted by molar-refractivity contribution is 5.57. The molecule has 1 aromatic heterocycles. The summed E-state index contributed by atoms with van der Waals surface area (Å²) in [6, 6.07) is 17.2. The summed E-state index contributed by atoms with van der Waals surface area (Å²) in [6.45, 7) is 5.22. The van der Waals surface area contributed by atoms with E-state index in [2.05, 4.69) is 32.2 Å². The minimum Gasteiger partial charge on any atom is -0.367 e. The maximum absolute atomic E-state index is 13.9. The van der Waals surface area contributed by atoms with E-state index >= 15 is 0 Å². The Balaban J connectivity index is 1.34. The monoisotopic (exact) mass is 351 g/mol. The molecule has 0 aliphatic carbocycles. The zero-order valence-corrected chi connectivity index (χ0v) is 14.6. The van der Waals surface area contributed by atoms with Crippen LogP contribution in [0.25, 0.3) is 11.3 Å². The van der Waals surface area contributed by atoms with Crippen LogP contribution in [-0.4, -0.2) is 52.6 Å². The summed E-state index contributed by atoms with van der Waals surface area (Å²) >= 11 is 0.